The van der Waals surface area contributed by atoms with Crippen LogP contribution in [-0.4, -0.2) is 45.9 Å². The second-order valence-electron chi connectivity index (χ2n) is 11.3. The van der Waals surface area contributed by atoms with Crippen LogP contribution in [0.4, 0.5) is 0 Å². The highest BCUT2D eigenvalue weighted by molar-refractivity contribution is 7.20. The first kappa shape index (κ1) is 31.6. The quantitative estimate of drug-likeness (QED) is 0.345. The van der Waals surface area contributed by atoms with Crippen molar-refractivity contribution in [3.05, 3.63) is 61.1 Å². The number of para-hydroxylation sites is 1. The predicted octanol–water partition coefficient (Wildman–Crippen LogP) is 3.81. The van der Waals surface area contributed by atoms with Crippen molar-refractivity contribution >= 4 is 33.4 Å². The summed E-state index contributed by atoms with van der Waals surface area (Å²) in [6, 6.07) is 9.00. The van der Waals surface area contributed by atoms with Gasteiger partial charge in [0.05, 0.1) is 37.1 Å². The van der Waals surface area contributed by atoms with E-state index >= 15 is 0 Å². The molecule has 0 fully saturated rings. The van der Waals surface area contributed by atoms with E-state index in [1.807, 2.05) is 0 Å². The van der Waals surface area contributed by atoms with Crippen LogP contribution in [0.1, 0.15) is 68.4 Å². The van der Waals surface area contributed by atoms with Gasteiger partial charge < -0.3 is 19.9 Å². The Kier molecular flexibility index (Phi) is 9.15. The number of carbonyl (C=O) groups is 2. The highest BCUT2D eigenvalue weighted by Crippen LogP contribution is 2.33. The number of ether oxygens (including phenoxy) is 2. The van der Waals surface area contributed by atoms with Crippen LogP contribution in [0.25, 0.3) is 10.2 Å². The Morgan fingerprint density at radius 2 is 1.80 bits per heavy atom. The number of nitrogens with one attached hydrogen (secondary N) is 1. The molecule has 3 rings (SSSR count). The molecule has 2 aromatic heterocycles. The van der Waals surface area contributed by atoms with Gasteiger partial charge in [0.2, 0.25) is 5.91 Å². The van der Waals surface area contributed by atoms with Gasteiger partial charge in [-0.25, -0.2) is 14.2 Å². The summed E-state index contributed by atoms with van der Waals surface area (Å²) in [5, 5.41) is 22.2. The molecule has 0 spiro atoms. The average Bonchev–Trinajstić information content (AvgIpc) is 3.25. The molecule has 0 saturated carbocycles. The summed E-state index contributed by atoms with van der Waals surface area (Å²) in [4.78, 5) is 53.4. The van der Waals surface area contributed by atoms with Crippen LogP contribution in [0.3, 0.4) is 0 Å². The minimum atomic E-state index is -1.62. The number of nitrogens with zero attached hydrogens (tertiary/aromatic N) is 3. The summed E-state index contributed by atoms with van der Waals surface area (Å²) in [5.41, 5.74) is -3.24. The topological polar surface area (TPSA) is 153 Å². The van der Waals surface area contributed by atoms with Gasteiger partial charge in [-0.1, -0.05) is 18.2 Å². The van der Waals surface area contributed by atoms with Crippen molar-refractivity contribution < 1.29 is 24.2 Å². The molecule has 0 radical (unpaired) electrons. The Balaban J connectivity index is 2.37. The SMILES string of the molecule is COc1ccccc1C(Cn1c(=O)n(C(C)(C)C(=O)NC(C)C)c(=O)c2c(C)c(C(=O)O)sc21)OCC(C)(C)C#N. The zero-order valence-corrected chi connectivity index (χ0v) is 25.3. The van der Waals surface area contributed by atoms with E-state index in [4.69, 9.17) is 9.47 Å². The number of carbonyl (C=O) groups excluding carboxylic acids is 1. The summed E-state index contributed by atoms with van der Waals surface area (Å²) in [6.07, 6.45) is -0.839. The van der Waals surface area contributed by atoms with Crippen LogP contribution in [0.2, 0.25) is 0 Å². The van der Waals surface area contributed by atoms with E-state index in [0.29, 0.717) is 11.3 Å². The molecule has 11 nitrogen and oxygen atoms in total. The van der Waals surface area contributed by atoms with Gasteiger partial charge in [-0.15, -0.1) is 11.3 Å². The van der Waals surface area contributed by atoms with Gasteiger partial charge in [-0.2, -0.15) is 5.26 Å². The molecule has 2 N–H and O–H groups in total. The monoisotopic (exact) mass is 584 g/mol. The summed E-state index contributed by atoms with van der Waals surface area (Å²) in [6.45, 7) is 11.3. The van der Waals surface area contributed by atoms with E-state index in [2.05, 4.69) is 11.4 Å². The molecule has 1 unspecified atom stereocenters. The van der Waals surface area contributed by atoms with Gasteiger partial charge in [0.1, 0.15) is 27.1 Å². The Labute approximate surface area is 241 Å². The lowest BCUT2D eigenvalue weighted by atomic mass is 9.97. The summed E-state index contributed by atoms with van der Waals surface area (Å²) < 4.78 is 13.9. The normalized spacial score (nSPS) is 12.8. The first-order valence-corrected chi connectivity index (χ1v) is 13.9. The maximum atomic E-state index is 14.2. The maximum absolute atomic E-state index is 14.2. The number of nitriles is 1. The number of benzene rings is 1. The Bertz CT molecular complexity index is 1640. The molecule has 220 valence electrons. The number of rotatable bonds is 11. The molecule has 1 aromatic carbocycles. The van der Waals surface area contributed by atoms with E-state index < -0.39 is 40.2 Å². The highest BCUT2D eigenvalue weighted by Gasteiger charge is 2.36. The third-order valence-electron chi connectivity index (χ3n) is 6.72. The summed E-state index contributed by atoms with van der Waals surface area (Å²) in [5.74, 6) is -1.30. The summed E-state index contributed by atoms with van der Waals surface area (Å²) >= 11 is 0.811. The van der Waals surface area contributed by atoms with E-state index in [1.165, 1.54) is 32.4 Å². The number of thiophene rings is 1. The second-order valence-corrected chi connectivity index (χ2v) is 12.3. The number of hydrogen-bond donors (Lipinski definition) is 2. The highest BCUT2D eigenvalue weighted by atomic mass is 32.1. The van der Waals surface area contributed by atoms with Crippen molar-refractivity contribution in [1.29, 1.82) is 5.26 Å². The van der Waals surface area contributed by atoms with E-state index in [1.54, 1.807) is 52.0 Å². The van der Waals surface area contributed by atoms with Gasteiger partial charge in [-0.3, -0.25) is 14.2 Å². The molecular weight excluding hydrogens is 548 g/mol. The second kappa shape index (κ2) is 11.9. The lowest BCUT2D eigenvalue weighted by Gasteiger charge is -2.29. The largest absolute Gasteiger partial charge is 0.496 e. The van der Waals surface area contributed by atoms with Crippen molar-refractivity contribution in [2.75, 3.05) is 13.7 Å². The van der Waals surface area contributed by atoms with Gasteiger partial charge in [0, 0.05) is 11.6 Å². The molecule has 2 heterocycles. The fraction of sp³-hybridized carbons (Fsp3) is 0.483. The fourth-order valence-electron chi connectivity index (χ4n) is 4.43. The van der Waals surface area contributed by atoms with Crippen LogP contribution in [0.15, 0.2) is 33.9 Å². The lowest BCUT2D eigenvalue weighted by molar-refractivity contribution is -0.129. The Hall–Kier alpha value is -3.95. The van der Waals surface area contributed by atoms with Gasteiger partial charge in [-0.05, 0) is 60.1 Å². The smallest absolute Gasteiger partial charge is 0.346 e. The van der Waals surface area contributed by atoms with Crippen molar-refractivity contribution in [3.63, 3.8) is 0 Å². The predicted molar refractivity (Wildman–Crippen MR) is 156 cm³/mol. The standard InChI is InChI=1S/C29H36N4O7S/c1-16(2)31-26(37)29(6,7)33-23(34)21-17(3)22(25(35)36)41-24(21)32(27(33)38)13-20(40-15-28(4,5)14-30)18-11-9-10-12-19(18)39-8/h9-12,16,20H,13,15H2,1-8H3,(H,31,37)(H,35,36). The molecule has 41 heavy (non-hydrogen) atoms. The number of aryl methyl sites for hydroxylation is 1. The first-order chi connectivity index (χ1) is 19.1. The molecular formula is C29H36N4O7S. The van der Waals surface area contributed by atoms with Crippen LogP contribution in [0, 0.1) is 23.7 Å². The number of aromatic carboxylic acids is 1. The zero-order chi connectivity index (χ0) is 30.9. The average molecular weight is 585 g/mol. The minimum absolute atomic E-state index is 0.00980. The fourth-order valence-corrected chi connectivity index (χ4v) is 5.57. The molecule has 0 aliphatic rings. The number of hydrogen-bond acceptors (Lipinski definition) is 8. The van der Waals surface area contributed by atoms with Crippen molar-refractivity contribution in [2.45, 2.75) is 72.7 Å². The summed E-state index contributed by atoms with van der Waals surface area (Å²) in [7, 11) is 1.50. The molecule has 12 heteroatoms. The lowest BCUT2D eigenvalue weighted by Crippen LogP contribution is -2.56. The number of fused-ring (bicyclic) bond motifs is 1. The molecule has 0 saturated heterocycles. The van der Waals surface area contributed by atoms with Crippen LogP contribution in [-0.2, 0) is 21.6 Å². The number of carboxylic acid groups (broad SMARTS) is 1. The van der Waals surface area contributed by atoms with Gasteiger partial charge in [0.25, 0.3) is 5.56 Å². The minimum Gasteiger partial charge on any atom is -0.496 e. The Morgan fingerprint density at radius 1 is 1.17 bits per heavy atom. The van der Waals surface area contributed by atoms with Crippen LogP contribution in [0.5, 0.6) is 5.75 Å². The molecule has 0 aliphatic heterocycles. The molecule has 0 aliphatic carbocycles. The van der Waals surface area contributed by atoms with Crippen molar-refractivity contribution in [2.24, 2.45) is 5.41 Å². The van der Waals surface area contributed by atoms with E-state index in [0.717, 1.165) is 15.9 Å². The zero-order valence-electron chi connectivity index (χ0n) is 24.5. The van der Waals surface area contributed by atoms with Crippen molar-refractivity contribution in [1.82, 2.24) is 14.5 Å². The number of aromatic nitrogens is 2. The third kappa shape index (κ3) is 6.21. The van der Waals surface area contributed by atoms with Crippen LogP contribution >= 0.6 is 11.3 Å². The van der Waals surface area contributed by atoms with Gasteiger partial charge >= 0.3 is 11.7 Å². The molecule has 0 bridgehead atoms. The van der Waals surface area contributed by atoms with Crippen molar-refractivity contribution in [3.8, 4) is 11.8 Å². The number of carboxylic acids is 1. The molecule has 1 atom stereocenters. The molecule has 1 amide bonds. The third-order valence-corrected chi connectivity index (χ3v) is 8.03. The van der Waals surface area contributed by atoms with Gasteiger partial charge in [0.15, 0.2) is 0 Å². The Morgan fingerprint density at radius 3 is 2.37 bits per heavy atom. The van der Waals surface area contributed by atoms with Crippen LogP contribution < -0.4 is 21.3 Å². The number of methoxy groups -OCH3 is 1. The number of amides is 1. The van der Waals surface area contributed by atoms with E-state index in [-0.39, 0.29) is 39.9 Å². The molecule has 3 aromatic rings. The first-order valence-electron chi connectivity index (χ1n) is 13.1. The van der Waals surface area contributed by atoms with E-state index in [9.17, 15) is 29.5 Å². The maximum Gasteiger partial charge on any atom is 0.346 e.